The van der Waals surface area contributed by atoms with Gasteiger partial charge in [0.2, 0.25) is 0 Å². The molecule has 1 aromatic carbocycles. The molecule has 19 heavy (non-hydrogen) atoms. The second-order valence-corrected chi connectivity index (χ2v) is 4.08. The van der Waals surface area contributed by atoms with Crippen molar-refractivity contribution in [1.82, 2.24) is 4.98 Å². The molecule has 0 aliphatic rings. The zero-order chi connectivity index (χ0) is 13.8. The Morgan fingerprint density at radius 1 is 1.32 bits per heavy atom. The van der Waals surface area contributed by atoms with E-state index in [0.29, 0.717) is 11.1 Å². The highest BCUT2D eigenvalue weighted by molar-refractivity contribution is 5.95. The zero-order valence-corrected chi connectivity index (χ0v) is 10.4. The highest BCUT2D eigenvalue weighted by Gasteiger charge is 2.13. The summed E-state index contributed by atoms with van der Waals surface area (Å²) in [5, 5.41) is 9.23. The molecule has 0 aliphatic heterocycles. The number of aromatic nitrogens is 1. The maximum absolute atomic E-state index is 14.0. The van der Waals surface area contributed by atoms with Crippen LogP contribution in [-0.4, -0.2) is 4.98 Å². The summed E-state index contributed by atoms with van der Waals surface area (Å²) >= 11 is 0. The van der Waals surface area contributed by atoms with Crippen molar-refractivity contribution in [1.29, 1.82) is 5.26 Å². The fourth-order valence-corrected chi connectivity index (χ4v) is 1.78. The second kappa shape index (κ2) is 5.32. The molecule has 94 valence electrons. The van der Waals surface area contributed by atoms with E-state index < -0.39 is 5.82 Å². The van der Waals surface area contributed by atoms with Gasteiger partial charge in [0.05, 0.1) is 11.3 Å². The van der Waals surface area contributed by atoms with Crippen molar-refractivity contribution < 1.29 is 4.39 Å². The number of aryl methyl sites for hydroxylation is 1. The first-order valence-electron chi connectivity index (χ1n) is 5.71. The highest BCUT2D eigenvalue weighted by Crippen LogP contribution is 2.24. The van der Waals surface area contributed by atoms with E-state index in [4.69, 9.17) is 5.73 Å². The quantitative estimate of drug-likeness (QED) is 0.837. The van der Waals surface area contributed by atoms with E-state index in [2.05, 4.69) is 4.98 Å². The molecule has 1 aromatic heterocycles. The third kappa shape index (κ3) is 2.45. The fourth-order valence-electron chi connectivity index (χ4n) is 1.78. The first kappa shape index (κ1) is 12.8. The van der Waals surface area contributed by atoms with E-state index in [0.717, 1.165) is 0 Å². The van der Waals surface area contributed by atoms with Gasteiger partial charge in [-0.25, -0.2) is 4.39 Å². The summed E-state index contributed by atoms with van der Waals surface area (Å²) in [4.78, 5) is 3.93. The molecule has 0 spiro atoms. The van der Waals surface area contributed by atoms with Gasteiger partial charge in [0, 0.05) is 23.5 Å². The van der Waals surface area contributed by atoms with Crippen molar-refractivity contribution in [3.05, 3.63) is 65.2 Å². The fraction of sp³-hybridized carbons (Fsp3) is 0.0667. The number of nitrogens with zero attached hydrogens (tertiary/aromatic N) is 2. The summed E-state index contributed by atoms with van der Waals surface area (Å²) in [6.45, 7) is 1.65. The van der Waals surface area contributed by atoms with Crippen LogP contribution in [0.5, 0.6) is 0 Å². The van der Waals surface area contributed by atoms with Crippen molar-refractivity contribution in [2.24, 2.45) is 5.73 Å². The lowest BCUT2D eigenvalue weighted by atomic mass is 10.0. The number of rotatable bonds is 2. The van der Waals surface area contributed by atoms with E-state index in [1.54, 1.807) is 43.5 Å². The average Bonchev–Trinajstić information content (AvgIpc) is 2.44. The van der Waals surface area contributed by atoms with Gasteiger partial charge in [-0.3, -0.25) is 4.98 Å². The maximum Gasteiger partial charge on any atom is 0.135 e. The van der Waals surface area contributed by atoms with Crippen LogP contribution in [0.15, 0.2) is 42.7 Å². The molecular weight excluding hydrogens is 241 g/mol. The molecule has 0 saturated carbocycles. The Hall–Kier alpha value is -2.67. The van der Waals surface area contributed by atoms with Crippen molar-refractivity contribution in [2.45, 2.75) is 6.92 Å². The SMILES string of the molecule is Cc1cccc(/C(N)=C(/C#N)c2cccnc2)c1F. The summed E-state index contributed by atoms with van der Waals surface area (Å²) in [5.74, 6) is -0.406. The monoisotopic (exact) mass is 253 g/mol. The van der Waals surface area contributed by atoms with Crippen molar-refractivity contribution >= 4 is 11.3 Å². The summed E-state index contributed by atoms with van der Waals surface area (Å²) in [5.41, 5.74) is 7.58. The number of pyridine rings is 1. The van der Waals surface area contributed by atoms with Gasteiger partial charge in [-0.15, -0.1) is 0 Å². The Labute approximate surface area is 110 Å². The predicted octanol–water partition coefficient (Wildman–Crippen LogP) is 2.88. The van der Waals surface area contributed by atoms with Crippen LogP contribution in [0.3, 0.4) is 0 Å². The maximum atomic E-state index is 14.0. The summed E-state index contributed by atoms with van der Waals surface area (Å²) in [7, 11) is 0. The highest BCUT2D eigenvalue weighted by atomic mass is 19.1. The molecule has 2 rings (SSSR count). The van der Waals surface area contributed by atoms with Gasteiger partial charge in [0.1, 0.15) is 11.9 Å². The molecular formula is C15H12FN3. The predicted molar refractivity (Wildman–Crippen MR) is 72.0 cm³/mol. The largest absolute Gasteiger partial charge is 0.397 e. The van der Waals surface area contributed by atoms with E-state index in [1.165, 1.54) is 6.20 Å². The Bertz CT molecular complexity index is 670. The number of nitriles is 1. The number of halogens is 1. The van der Waals surface area contributed by atoms with Crippen molar-refractivity contribution in [2.75, 3.05) is 0 Å². The standard InChI is InChI=1S/C15H12FN3/c1-10-4-2-6-12(14(10)16)15(18)13(8-17)11-5-3-7-19-9-11/h2-7,9H,18H2,1H3/b15-13+. The van der Waals surface area contributed by atoms with Crippen LogP contribution in [0.1, 0.15) is 16.7 Å². The Kier molecular flexibility index (Phi) is 3.58. The van der Waals surface area contributed by atoms with Crippen LogP contribution in [0.4, 0.5) is 4.39 Å². The Balaban J connectivity index is 2.63. The molecule has 0 radical (unpaired) electrons. The summed E-state index contributed by atoms with van der Waals surface area (Å²) in [6, 6.07) is 10.3. The first-order valence-corrected chi connectivity index (χ1v) is 5.71. The third-order valence-corrected chi connectivity index (χ3v) is 2.81. The number of hydrogen-bond donors (Lipinski definition) is 1. The molecule has 2 N–H and O–H groups in total. The van der Waals surface area contributed by atoms with Gasteiger partial charge < -0.3 is 5.73 Å². The van der Waals surface area contributed by atoms with Gasteiger partial charge in [0.25, 0.3) is 0 Å². The van der Waals surface area contributed by atoms with E-state index >= 15 is 0 Å². The number of hydrogen-bond acceptors (Lipinski definition) is 3. The zero-order valence-electron chi connectivity index (χ0n) is 10.4. The van der Waals surface area contributed by atoms with Gasteiger partial charge in [-0.05, 0) is 24.6 Å². The number of nitrogens with two attached hydrogens (primary N) is 1. The molecule has 3 nitrogen and oxygen atoms in total. The van der Waals surface area contributed by atoms with Crippen LogP contribution >= 0.6 is 0 Å². The van der Waals surface area contributed by atoms with E-state index in [-0.39, 0.29) is 16.8 Å². The summed E-state index contributed by atoms with van der Waals surface area (Å²) < 4.78 is 14.0. The molecule has 1 heterocycles. The van der Waals surface area contributed by atoms with E-state index in [9.17, 15) is 9.65 Å². The number of benzene rings is 1. The Morgan fingerprint density at radius 3 is 2.74 bits per heavy atom. The van der Waals surface area contributed by atoms with Crippen LogP contribution in [0, 0.1) is 24.1 Å². The molecule has 0 amide bonds. The molecule has 0 aliphatic carbocycles. The van der Waals surface area contributed by atoms with Crippen molar-refractivity contribution in [3.8, 4) is 6.07 Å². The average molecular weight is 253 g/mol. The molecule has 0 saturated heterocycles. The topological polar surface area (TPSA) is 62.7 Å². The van der Waals surface area contributed by atoms with Gasteiger partial charge >= 0.3 is 0 Å². The smallest absolute Gasteiger partial charge is 0.135 e. The lowest BCUT2D eigenvalue weighted by molar-refractivity contribution is 0.614. The van der Waals surface area contributed by atoms with Gasteiger partial charge in [0.15, 0.2) is 0 Å². The molecule has 0 fully saturated rings. The normalized spacial score (nSPS) is 11.6. The van der Waals surface area contributed by atoms with Crippen LogP contribution in [0.2, 0.25) is 0 Å². The number of allylic oxidation sites excluding steroid dienone is 1. The lowest BCUT2D eigenvalue weighted by Gasteiger charge is -2.08. The van der Waals surface area contributed by atoms with Crippen LogP contribution in [-0.2, 0) is 0 Å². The van der Waals surface area contributed by atoms with Crippen LogP contribution < -0.4 is 5.73 Å². The third-order valence-electron chi connectivity index (χ3n) is 2.81. The van der Waals surface area contributed by atoms with Crippen molar-refractivity contribution in [3.63, 3.8) is 0 Å². The minimum absolute atomic E-state index is 0.122. The summed E-state index contributed by atoms with van der Waals surface area (Å²) in [6.07, 6.45) is 3.13. The Morgan fingerprint density at radius 2 is 2.11 bits per heavy atom. The van der Waals surface area contributed by atoms with Crippen LogP contribution in [0.25, 0.3) is 11.3 Å². The first-order chi connectivity index (χ1) is 9.15. The molecule has 4 heteroatoms. The molecule has 0 bridgehead atoms. The lowest BCUT2D eigenvalue weighted by Crippen LogP contribution is -2.04. The van der Waals surface area contributed by atoms with Gasteiger partial charge in [-0.2, -0.15) is 5.26 Å². The van der Waals surface area contributed by atoms with Gasteiger partial charge in [-0.1, -0.05) is 18.2 Å². The minimum atomic E-state index is -0.406. The molecule has 0 unspecified atom stereocenters. The molecule has 0 atom stereocenters. The minimum Gasteiger partial charge on any atom is -0.397 e. The van der Waals surface area contributed by atoms with E-state index in [1.807, 2.05) is 6.07 Å². The second-order valence-electron chi connectivity index (χ2n) is 4.08. The molecule has 2 aromatic rings.